The number of nitrogens with zero attached hydrogens (tertiary/aromatic N) is 1. The fraction of sp³-hybridized carbons (Fsp3) is 0.200. The standard InChI is InChI=1S/C20H18ClNO3S/c1-12-3-6-14(7-4-12)17-18(26-10-9-23)20(25)22(19(17)24)16-11-15(21)8-5-13(16)2/h3-8,11,23H,9-10H2,1-2H3. The predicted molar refractivity (Wildman–Crippen MR) is 106 cm³/mol. The maximum atomic E-state index is 13.2. The highest BCUT2D eigenvalue weighted by molar-refractivity contribution is 8.04. The summed E-state index contributed by atoms with van der Waals surface area (Å²) in [5.74, 6) is -0.412. The molecular weight excluding hydrogens is 370 g/mol. The largest absolute Gasteiger partial charge is 0.396 e. The molecule has 1 aliphatic rings. The summed E-state index contributed by atoms with van der Waals surface area (Å²) >= 11 is 7.28. The number of carbonyl (C=O) groups is 2. The molecule has 0 bridgehead atoms. The second-order valence-electron chi connectivity index (χ2n) is 6.02. The number of anilines is 1. The van der Waals surface area contributed by atoms with E-state index in [1.54, 1.807) is 18.2 Å². The van der Waals surface area contributed by atoms with Gasteiger partial charge in [-0.05, 0) is 37.1 Å². The first kappa shape index (κ1) is 18.7. The second-order valence-corrected chi connectivity index (χ2v) is 7.56. The van der Waals surface area contributed by atoms with Gasteiger partial charge in [0.1, 0.15) is 0 Å². The number of hydrogen-bond donors (Lipinski definition) is 1. The third-order valence-corrected chi connectivity index (χ3v) is 5.42. The third-order valence-electron chi connectivity index (χ3n) is 4.13. The molecule has 0 aliphatic carbocycles. The van der Waals surface area contributed by atoms with Gasteiger partial charge in [-0.25, -0.2) is 4.90 Å². The summed E-state index contributed by atoms with van der Waals surface area (Å²) in [6, 6.07) is 12.6. The molecule has 0 saturated carbocycles. The van der Waals surface area contributed by atoms with Crippen LogP contribution in [-0.2, 0) is 9.59 Å². The maximum absolute atomic E-state index is 13.2. The van der Waals surface area contributed by atoms with Crippen LogP contribution >= 0.6 is 23.4 Å². The number of halogens is 1. The van der Waals surface area contributed by atoms with Gasteiger partial charge in [-0.3, -0.25) is 9.59 Å². The zero-order valence-corrected chi connectivity index (χ0v) is 16.0. The molecule has 2 aromatic rings. The minimum Gasteiger partial charge on any atom is -0.396 e. The van der Waals surface area contributed by atoms with Crippen LogP contribution in [0.3, 0.4) is 0 Å². The lowest BCUT2D eigenvalue weighted by Gasteiger charge is -2.18. The number of thioether (sulfide) groups is 1. The normalized spacial score (nSPS) is 14.5. The molecule has 1 aliphatic heterocycles. The van der Waals surface area contributed by atoms with Gasteiger partial charge in [0.2, 0.25) is 0 Å². The number of amides is 2. The minimum atomic E-state index is -0.380. The number of aryl methyl sites for hydroxylation is 2. The number of imide groups is 1. The van der Waals surface area contributed by atoms with Crippen molar-refractivity contribution in [1.29, 1.82) is 0 Å². The molecule has 134 valence electrons. The molecule has 2 aromatic carbocycles. The van der Waals surface area contributed by atoms with Crippen molar-refractivity contribution in [2.45, 2.75) is 13.8 Å². The van der Waals surface area contributed by atoms with Crippen LogP contribution in [0.5, 0.6) is 0 Å². The lowest BCUT2D eigenvalue weighted by molar-refractivity contribution is -0.119. The summed E-state index contributed by atoms with van der Waals surface area (Å²) in [6.07, 6.45) is 0. The Hall–Kier alpha value is -2.08. The van der Waals surface area contributed by atoms with E-state index in [4.69, 9.17) is 16.7 Å². The summed E-state index contributed by atoms with van der Waals surface area (Å²) in [5.41, 5.74) is 3.40. The van der Waals surface area contributed by atoms with Gasteiger partial charge in [-0.2, -0.15) is 0 Å². The van der Waals surface area contributed by atoms with E-state index in [1.165, 1.54) is 16.7 Å². The molecule has 0 spiro atoms. The fourth-order valence-electron chi connectivity index (χ4n) is 2.81. The molecule has 1 N–H and O–H groups in total. The highest BCUT2D eigenvalue weighted by Gasteiger charge is 2.40. The van der Waals surface area contributed by atoms with Crippen molar-refractivity contribution in [2.24, 2.45) is 0 Å². The van der Waals surface area contributed by atoms with Gasteiger partial charge in [0.05, 0.1) is 22.8 Å². The Labute approximate surface area is 161 Å². The van der Waals surface area contributed by atoms with Crippen molar-refractivity contribution in [3.8, 4) is 0 Å². The van der Waals surface area contributed by atoms with Crippen molar-refractivity contribution in [1.82, 2.24) is 0 Å². The monoisotopic (exact) mass is 387 g/mol. The average molecular weight is 388 g/mol. The van der Waals surface area contributed by atoms with Gasteiger partial charge in [-0.15, -0.1) is 11.8 Å². The number of hydrogen-bond acceptors (Lipinski definition) is 4. The maximum Gasteiger partial charge on any atom is 0.272 e. The average Bonchev–Trinajstić information content (AvgIpc) is 2.86. The van der Waals surface area contributed by atoms with Gasteiger partial charge in [0.15, 0.2) is 0 Å². The molecule has 0 unspecified atom stereocenters. The van der Waals surface area contributed by atoms with Gasteiger partial charge in [0.25, 0.3) is 11.8 Å². The fourth-order valence-corrected chi connectivity index (χ4v) is 3.83. The molecule has 0 radical (unpaired) electrons. The van der Waals surface area contributed by atoms with Crippen LogP contribution in [-0.4, -0.2) is 29.3 Å². The van der Waals surface area contributed by atoms with E-state index in [0.717, 1.165) is 11.1 Å². The molecule has 2 amide bonds. The van der Waals surface area contributed by atoms with Gasteiger partial charge >= 0.3 is 0 Å². The van der Waals surface area contributed by atoms with Gasteiger partial charge in [-0.1, -0.05) is 47.5 Å². The van der Waals surface area contributed by atoms with Crippen molar-refractivity contribution >= 4 is 46.4 Å². The molecule has 0 atom stereocenters. The van der Waals surface area contributed by atoms with Gasteiger partial charge in [0, 0.05) is 10.8 Å². The van der Waals surface area contributed by atoms with Crippen LogP contribution in [0.2, 0.25) is 5.02 Å². The second kappa shape index (κ2) is 7.66. The molecule has 6 heteroatoms. The molecule has 0 saturated heterocycles. The Bertz CT molecular complexity index is 906. The Morgan fingerprint density at radius 2 is 1.73 bits per heavy atom. The van der Waals surface area contributed by atoms with Crippen LogP contribution in [0.25, 0.3) is 5.57 Å². The van der Waals surface area contributed by atoms with Crippen molar-refractivity contribution in [3.05, 3.63) is 69.1 Å². The number of aliphatic hydroxyl groups is 1. The van der Waals surface area contributed by atoms with Crippen LogP contribution in [0.1, 0.15) is 16.7 Å². The lowest BCUT2D eigenvalue weighted by atomic mass is 10.0. The lowest BCUT2D eigenvalue weighted by Crippen LogP contribution is -2.32. The molecular formula is C20H18ClNO3S. The van der Waals surface area contributed by atoms with E-state index in [1.807, 2.05) is 38.1 Å². The van der Waals surface area contributed by atoms with E-state index in [0.29, 0.717) is 32.5 Å². The third kappa shape index (κ3) is 3.43. The van der Waals surface area contributed by atoms with E-state index in [9.17, 15) is 9.59 Å². The number of rotatable bonds is 5. The highest BCUT2D eigenvalue weighted by atomic mass is 35.5. The van der Waals surface area contributed by atoms with E-state index in [-0.39, 0.29) is 18.4 Å². The first-order chi connectivity index (χ1) is 12.4. The van der Waals surface area contributed by atoms with E-state index in [2.05, 4.69) is 0 Å². The minimum absolute atomic E-state index is 0.0764. The number of aliphatic hydroxyl groups excluding tert-OH is 1. The molecule has 0 aromatic heterocycles. The summed E-state index contributed by atoms with van der Waals surface area (Å²) in [5, 5.41) is 9.62. The van der Waals surface area contributed by atoms with Crippen LogP contribution in [0.4, 0.5) is 5.69 Å². The zero-order chi connectivity index (χ0) is 18.8. The van der Waals surface area contributed by atoms with Gasteiger partial charge < -0.3 is 5.11 Å². The first-order valence-corrected chi connectivity index (χ1v) is 9.50. The van der Waals surface area contributed by atoms with Crippen molar-refractivity contribution < 1.29 is 14.7 Å². The molecule has 1 heterocycles. The number of benzene rings is 2. The van der Waals surface area contributed by atoms with E-state index < -0.39 is 0 Å². The Morgan fingerprint density at radius 3 is 2.38 bits per heavy atom. The Kier molecular flexibility index (Phi) is 5.51. The van der Waals surface area contributed by atoms with Crippen LogP contribution in [0.15, 0.2) is 47.4 Å². The first-order valence-electron chi connectivity index (χ1n) is 8.14. The zero-order valence-electron chi connectivity index (χ0n) is 14.5. The summed E-state index contributed by atoms with van der Waals surface area (Å²) < 4.78 is 0. The van der Waals surface area contributed by atoms with Crippen molar-refractivity contribution in [3.63, 3.8) is 0 Å². The van der Waals surface area contributed by atoms with E-state index >= 15 is 0 Å². The Balaban J connectivity index is 2.11. The molecule has 3 rings (SSSR count). The smallest absolute Gasteiger partial charge is 0.272 e. The molecule has 26 heavy (non-hydrogen) atoms. The van der Waals surface area contributed by atoms with Crippen LogP contribution in [0, 0.1) is 13.8 Å². The topological polar surface area (TPSA) is 57.6 Å². The molecule has 4 nitrogen and oxygen atoms in total. The summed E-state index contributed by atoms with van der Waals surface area (Å²) in [6.45, 7) is 3.71. The highest BCUT2D eigenvalue weighted by Crippen LogP contribution is 2.39. The quantitative estimate of drug-likeness (QED) is 0.789. The molecule has 0 fully saturated rings. The Morgan fingerprint density at radius 1 is 1.04 bits per heavy atom. The predicted octanol–water partition coefficient (Wildman–Crippen LogP) is 3.97. The number of carbonyl (C=O) groups excluding carboxylic acids is 2. The van der Waals surface area contributed by atoms with Crippen molar-refractivity contribution in [2.75, 3.05) is 17.3 Å². The summed E-state index contributed by atoms with van der Waals surface area (Å²) in [4.78, 5) is 27.7. The van der Waals surface area contributed by atoms with Crippen LogP contribution < -0.4 is 4.90 Å². The SMILES string of the molecule is Cc1ccc(C2=C(SCCO)C(=O)N(c3cc(Cl)ccc3C)C2=O)cc1. The summed E-state index contributed by atoms with van der Waals surface area (Å²) in [7, 11) is 0.